The van der Waals surface area contributed by atoms with E-state index in [2.05, 4.69) is 5.32 Å². The Bertz CT molecular complexity index is 759. The molecule has 0 bridgehead atoms. The summed E-state index contributed by atoms with van der Waals surface area (Å²) in [5, 5.41) is 3.03. The van der Waals surface area contributed by atoms with E-state index in [0.29, 0.717) is 27.6 Å². The molecule has 0 aliphatic carbocycles. The summed E-state index contributed by atoms with van der Waals surface area (Å²) in [7, 11) is 1.72. The Morgan fingerprint density at radius 3 is 2.52 bits per heavy atom. The lowest BCUT2D eigenvalue weighted by Gasteiger charge is -2.21. The van der Waals surface area contributed by atoms with E-state index >= 15 is 0 Å². The third-order valence-electron chi connectivity index (χ3n) is 3.67. The van der Waals surface area contributed by atoms with Crippen molar-refractivity contribution in [1.82, 2.24) is 4.90 Å². The zero-order valence-electron chi connectivity index (χ0n) is 14.2. The van der Waals surface area contributed by atoms with Crippen LogP contribution < -0.4 is 11.1 Å². The van der Waals surface area contributed by atoms with E-state index in [-0.39, 0.29) is 36.8 Å². The van der Waals surface area contributed by atoms with E-state index in [0.717, 1.165) is 0 Å². The Hall–Kier alpha value is -2.02. The molecule has 6 nitrogen and oxygen atoms in total. The van der Waals surface area contributed by atoms with Crippen LogP contribution in [0.3, 0.4) is 0 Å². The molecule has 1 aromatic heterocycles. The number of hydrogen-bond acceptors (Lipinski definition) is 4. The molecule has 0 saturated heterocycles. The van der Waals surface area contributed by atoms with Gasteiger partial charge in [-0.1, -0.05) is 11.6 Å². The van der Waals surface area contributed by atoms with E-state index in [9.17, 15) is 9.59 Å². The van der Waals surface area contributed by atoms with Crippen LogP contribution in [0.4, 0.5) is 5.69 Å². The largest absolute Gasteiger partial charge is 0.467 e. The minimum Gasteiger partial charge on any atom is -0.467 e. The number of anilines is 1. The van der Waals surface area contributed by atoms with Crippen molar-refractivity contribution in [2.75, 3.05) is 12.4 Å². The fourth-order valence-electron chi connectivity index (χ4n) is 1.99. The van der Waals surface area contributed by atoms with E-state index in [1.807, 2.05) is 13.8 Å². The standard InChI is InChI=1S/C17H20ClN3O3.ClH/c1-10(2)21(3)17(23)11-4-5-14(18)15(7-11)20-16(22)12-6-13(8-19)24-9-12;/h4-7,9-10H,8,19H2,1-3H3,(H,20,22);1H. The van der Waals surface area contributed by atoms with Gasteiger partial charge in [-0.15, -0.1) is 12.4 Å². The second-order valence-electron chi connectivity index (χ2n) is 5.66. The minimum atomic E-state index is -0.387. The smallest absolute Gasteiger partial charge is 0.258 e. The number of nitrogens with zero attached hydrogens (tertiary/aromatic N) is 1. The average molecular weight is 386 g/mol. The molecule has 0 spiro atoms. The number of nitrogens with one attached hydrogen (secondary N) is 1. The molecule has 136 valence electrons. The van der Waals surface area contributed by atoms with Gasteiger partial charge in [0.05, 0.1) is 22.8 Å². The zero-order valence-corrected chi connectivity index (χ0v) is 15.8. The van der Waals surface area contributed by atoms with Crippen molar-refractivity contribution >= 4 is 41.5 Å². The van der Waals surface area contributed by atoms with Gasteiger partial charge in [0.15, 0.2) is 0 Å². The second-order valence-corrected chi connectivity index (χ2v) is 6.07. The molecule has 8 heteroatoms. The van der Waals surface area contributed by atoms with Crippen LogP contribution in [-0.2, 0) is 6.54 Å². The number of rotatable bonds is 5. The summed E-state index contributed by atoms with van der Waals surface area (Å²) < 4.78 is 5.14. The number of furan rings is 1. The topological polar surface area (TPSA) is 88.6 Å². The Kier molecular flexibility index (Phi) is 7.48. The van der Waals surface area contributed by atoms with Crippen molar-refractivity contribution in [3.05, 3.63) is 52.4 Å². The molecular weight excluding hydrogens is 365 g/mol. The maximum absolute atomic E-state index is 12.4. The highest BCUT2D eigenvalue weighted by Crippen LogP contribution is 2.25. The predicted octanol–water partition coefficient (Wildman–Crippen LogP) is 3.55. The molecule has 2 rings (SSSR count). The van der Waals surface area contributed by atoms with Gasteiger partial charge in [0.2, 0.25) is 0 Å². The highest BCUT2D eigenvalue weighted by atomic mass is 35.5. The van der Waals surface area contributed by atoms with Gasteiger partial charge in [-0.05, 0) is 38.1 Å². The monoisotopic (exact) mass is 385 g/mol. The molecule has 3 N–H and O–H groups in total. The third kappa shape index (κ3) is 4.98. The first-order valence-corrected chi connectivity index (χ1v) is 7.86. The molecular formula is C17H21Cl2N3O3. The van der Waals surface area contributed by atoms with Crippen LogP contribution >= 0.6 is 24.0 Å². The van der Waals surface area contributed by atoms with E-state index in [1.165, 1.54) is 6.26 Å². The number of hydrogen-bond donors (Lipinski definition) is 2. The molecule has 25 heavy (non-hydrogen) atoms. The molecule has 0 atom stereocenters. The highest BCUT2D eigenvalue weighted by Gasteiger charge is 2.17. The van der Waals surface area contributed by atoms with Crippen LogP contribution in [0.25, 0.3) is 0 Å². The Labute approximate surface area is 157 Å². The van der Waals surface area contributed by atoms with Crippen molar-refractivity contribution in [3.63, 3.8) is 0 Å². The summed E-state index contributed by atoms with van der Waals surface area (Å²) in [6, 6.07) is 6.39. The van der Waals surface area contributed by atoms with Crippen LogP contribution in [0.15, 0.2) is 34.9 Å². The van der Waals surface area contributed by atoms with E-state index in [4.69, 9.17) is 21.8 Å². The normalized spacial score (nSPS) is 10.3. The fourth-order valence-corrected chi connectivity index (χ4v) is 2.16. The van der Waals surface area contributed by atoms with Gasteiger partial charge in [-0.25, -0.2) is 0 Å². The molecule has 0 fully saturated rings. The van der Waals surface area contributed by atoms with E-state index in [1.54, 1.807) is 36.2 Å². The van der Waals surface area contributed by atoms with Crippen molar-refractivity contribution in [2.24, 2.45) is 5.73 Å². The molecule has 0 saturated carbocycles. The van der Waals surface area contributed by atoms with Crippen LogP contribution in [0, 0.1) is 0 Å². The van der Waals surface area contributed by atoms with Crippen LogP contribution in [0.2, 0.25) is 5.02 Å². The second kappa shape index (κ2) is 8.89. The van der Waals surface area contributed by atoms with Crippen molar-refractivity contribution in [3.8, 4) is 0 Å². The fraction of sp³-hybridized carbons (Fsp3) is 0.294. The van der Waals surface area contributed by atoms with Crippen molar-refractivity contribution < 1.29 is 14.0 Å². The lowest BCUT2D eigenvalue weighted by molar-refractivity contribution is 0.0754. The molecule has 0 aliphatic heterocycles. The number of benzene rings is 1. The maximum Gasteiger partial charge on any atom is 0.258 e. The zero-order chi connectivity index (χ0) is 17.9. The van der Waals surface area contributed by atoms with Gasteiger partial charge in [0.1, 0.15) is 12.0 Å². The summed E-state index contributed by atoms with van der Waals surface area (Å²) in [5.41, 5.74) is 6.60. The molecule has 0 aliphatic rings. The summed E-state index contributed by atoms with van der Waals surface area (Å²) >= 11 is 6.12. The Morgan fingerprint density at radius 2 is 1.96 bits per heavy atom. The van der Waals surface area contributed by atoms with Gasteiger partial charge in [-0.3, -0.25) is 9.59 Å². The SMILES string of the molecule is CC(C)N(C)C(=O)c1ccc(Cl)c(NC(=O)c2coc(CN)c2)c1.Cl. The van der Waals surface area contributed by atoms with Gasteiger partial charge in [-0.2, -0.15) is 0 Å². The quantitative estimate of drug-likeness (QED) is 0.823. The van der Waals surface area contributed by atoms with Gasteiger partial charge in [0, 0.05) is 18.7 Å². The van der Waals surface area contributed by atoms with Crippen molar-refractivity contribution in [2.45, 2.75) is 26.4 Å². The van der Waals surface area contributed by atoms with Crippen LogP contribution in [0.1, 0.15) is 40.3 Å². The molecule has 0 unspecified atom stereocenters. The molecule has 2 amide bonds. The molecule has 2 aromatic rings. The van der Waals surface area contributed by atoms with Crippen LogP contribution in [0.5, 0.6) is 0 Å². The van der Waals surface area contributed by atoms with Gasteiger partial charge < -0.3 is 20.4 Å². The molecule has 0 radical (unpaired) electrons. The average Bonchev–Trinajstić information content (AvgIpc) is 3.04. The van der Waals surface area contributed by atoms with Gasteiger partial charge >= 0.3 is 0 Å². The minimum absolute atomic E-state index is 0. The third-order valence-corrected chi connectivity index (χ3v) is 4.00. The number of halogens is 2. The summed E-state index contributed by atoms with van der Waals surface area (Å²) in [4.78, 5) is 26.3. The highest BCUT2D eigenvalue weighted by molar-refractivity contribution is 6.34. The number of carbonyl (C=O) groups excluding carboxylic acids is 2. The van der Waals surface area contributed by atoms with E-state index < -0.39 is 0 Å². The predicted molar refractivity (Wildman–Crippen MR) is 100 cm³/mol. The lowest BCUT2D eigenvalue weighted by Crippen LogP contribution is -2.33. The first-order valence-electron chi connectivity index (χ1n) is 7.49. The first kappa shape index (κ1) is 21.0. The number of carbonyl (C=O) groups is 2. The van der Waals surface area contributed by atoms with Crippen molar-refractivity contribution in [1.29, 1.82) is 0 Å². The Morgan fingerprint density at radius 1 is 1.28 bits per heavy atom. The number of amides is 2. The first-order chi connectivity index (χ1) is 11.3. The lowest BCUT2D eigenvalue weighted by atomic mass is 10.1. The summed E-state index contributed by atoms with van der Waals surface area (Å²) in [6.45, 7) is 4.05. The van der Waals surface area contributed by atoms with Crippen LogP contribution in [-0.4, -0.2) is 29.8 Å². The summed E-state index contributed by atoms with van der Waals surface area (Å²) in [5.74, 6) is -0.0261. The Balaban J connectivity index is 0.00000312. The van der Waals surface area contributed by atoms with Gasteiger partial charge in [0.25, 0.3) is 11.8 Å². The molecule has 1 heterocycles. The number of nitrogens with two attached hydrogens (primary N) is 1. The molecule has 1 aromatic carbocycles. The summed E-state index contributed by atoms with van der Waals surface area (Å²) in [6.07, 6.45) is 1.33. The maximum atomic E-state index is 12.4.